The molecule has 33 heavy (non-hydrogen) atoms. The van der Waals surface area contributed by atoms with Gasteiger partial charge >= 0.3 is 0 Å². The van der Waals surface area contributed by atoms with E-state index >= 15 is 0 Å². The lowest BCUT2D eigenvalue weighted by Gasteiger charge is -2.54. The summed E-state index contributed by atoms with van der Waals surface area (Å²) in [7, 11) is 0. The molecule has 9 atom stereocenters. The molecule has 0 saturated heterocycles. The van der Waals surface area contributed by atoms with Crippen molar-refractivity contribution in [2.75, 3.05) is 6.61 Å². The van der Waals surface area contributed by atoms with Crippen LogP contribution in [-0.2, 0) is 4.79 Å². The molecule has 5 heteroatoms. The zero-order chi connectivity index (χ0) is 24.8. The van der Waals surface area contributed by atoms with E-state index < -0.39 is 23.2 Å². The molecule has 3 aliphatic rings. The predicted molar refractivity (Wildman–Crippen MR) is 130 cm³/mol. The van der Waals surface area contributed by atoms with Crippen molar-refractivity contribution in [2.45, 2.75) is 97.9 Å². The van der Waals surface area contributed by atoms with Gasteiger partial charge in [-0.2, -0.15) is 0 Å². The maximum absolute atomic E-state index is 13.9. The average Bonchev–Trinajstić information content (AvgIpc) is 3.08. The van der Waals surface area contributed by atoms with E-state index in [1.807, 2.05) is 0 Å². The van der Waals surface area contributed by atoms with Crippen LogP contribution in [0.4, 0.5) is 0 Å². The fraction of sp³-hybridized carbons (Fsp3) is 0.821. The Morgan fingerprint density at radius 1 is 1.09 bits per heavy atom. The summed E-state index contributed by atoms with van der Waals surface area (Å²) in [5.41, 5.74) is -2.40. The summed E-state index contributed by atoms with van der Waals surface area (Å²) in [6, 6.07) is 0. The second-order valence-corrected chi connectivity index (χ2v) is 12.1. The Hall–Kier alpha value is -1.01. The van der Waals surface area contributed by atoms with Crippen LogP contribution < -0.4 is 0 Å². The maximum Gasteiger partial charge on any atom is 0.167 e. The number of allylic oxidation sites excluding steroid dienone is 3. The van der Waals surface area contributed by atoms with E-state index in [4.69, 9.17) is 0 Å². The van der Waals surface area contributed by atoms with Crippen LogP contribution in [0.25, 0.3) is 0 Å². The molecule has 188 valence electrons. The molecule has 0 aromatic heterocycles. The van der Waals surface area contributed by atoms with Gasteiger partial charge in [0.1, 0.15) is 11.7 Å². The molecule has 0 spiro atoms. The van der Waals surface area contributed by atoms with Crippen LogP contribution in [0.5, 0.6) is 0 Å². The van der Waals surface area contributed by atoms with Crippen LogP contribution in [0.2, 0.25) is 0 Å². The van der Waals surface area contributed by atoms with Gasteiger partial charge < -0.3 is 20.4 Å². The van der Waals surface area contributed by atoms with Crippen molar-refractivity contribution in [3.63, 3.8) is 0 Å². The summed E-state index contributed by atoms with van der Waals surface area (Å²) in [6.45, 7) is 12.9. The van der Waals surface area contributed by atoms with Crippen LogP contribution in [-0.4, -0.2) is 50.6 Å². The first-order valence-electron chi connectivity index (χ1n) is 13.0. The van der Waals surface area contributed by atoms with E-state index in [2.05, 4.69) is 46.8 Å². The van der Waals surface area contributed by atoms with E-state index in [1.165, 1.54) is 0 Å². The highest BCUT2D eigenvalue weighted by atomic mass is 16.3. The number of fused-ring (bicyclic) bond motifs is 1. The zero-order valence-corrected chi connectivity index (χ0v) is 21.4. The molecule has 0 aliphatic heterocycles. The topological polar surface area (TPSA) is 98.0 Å². The molecule has 0 bridgehead atoms. The van der Waals surface area contributed by atoms with Gasteiger partial charge in [-0.3, -0.25) is 4.79 Å². The number of aliphatic hydroxyl groups is 4. The number of aliphatic hydroxyl groups excluding tert-OH is 3. The number of Topliss-reactive ketones (excluding diaryl/α,β-unsaturated/α-hetero) is 1. The predicted octanol–water partition coefficient (Wildman–Crippen LogP) is 4.04. The van der Waals surface area contributed by atoms with Crippen molar-refractivity contribution in [2.24, 2.45) is 40.4 Å². The molecular weight excluding hydrogens is 416 g/mol. The third-order valence-corrected chi connectivity index (χ3v) is 9.91. The Morgan fingerprint density at radius 2 is 1.76 bits per heavy atom. The van der Waals surface area contributed by atoms with Crippen LogP contribution in [0, 0.1) is 40.4 Å². The summed E-state index contributed by atoms with van der Waals surface area (Å²) in [5.74, 6) is 1.55. The van der Waals surface area contributed by atoms with Crippen LogP contribution in [0.3, 0.4) is 0 Å². The monoisotopic (exact) mass is 462 g/mol. The molecule has 0 radical (unpaired) electrons. The summed E-state index contributed by atoms with van der Waals surface area (Å²) < 4.78 is 0. The molecule has 0 unspecified atom stereocenters. The summed E-state index contributed by atoms with van der Waals surface area (Å²) in [6.07, 6.45) is 7.49. The Labute approximate surface area is 200 Å². The molecule has 3 rings (SSSR count). The smallest absolute Gasteiger partial charge is 0.167 e. The lowest BCUT2D eigenvalue weighted by atomic mass is 9.53. The normalized spacial score (nSPS) is 43.6. The number of carbonyl (C=O) groups excluding carboxylic acids is 1. The van der Waals surface area contributed by atoms with Gasteiger partial charge in [0.15, 0.2) is 5.78 Å². The number of rotatable bonds is 7. The number of carbonyl (C=O) groups is 1. The SMILES string of the molecule is CC(C)[C@@H](C)C=C[C@@H](C)[C@H]1CC[C@@H](C2=C[C@@H](O)[C@@]3(O)C[C@@H](O)CC[C@]3(C)C2=O)[C@]1(C)CCO. The Bertz CT molecular complexity index is 787. The van der Waals surface area contributed by atoms with Crippen molar-refractivity contribution in [1.29, 1.82) is 0 Å². The zero-order valence-electron chi connectivity index (χ0n) is 21.4. The summed E-state index contributed by atoms with van der Waals surface area (Å²) in [5, 5.41) is 42.5. The van der Waals surface area contributed by atoms with Crippen LogP contribution in [0.15, 0.2) is 23.8 Å². The number of ketones is 1. The highest BCUT2D eigenvalue weighted by Crippen LogP contribution is 2.59. The van der Waals surface area contributed by atoms with Gasteiger partial charge in [0.2, 0.25) is 0 Å². The molecule has 0 aromatic rings. The number of hydrogen-bond donors (Lipinski definition) is 4. The van der Waals surface area contributed by atoms with Crippen molar-refractivity contribution < 1.29 is 25.2 Å². The standard InChI is InChI=1S/C28H46O5/c1-17(2)18(3)7-8-19(4)22-9-10-23(26(22,5)13-14-29)21-15-24(31)28(33)16-20(30)11-12-27(28,6)25(21)32/h7-8,15,17-20,22-24,29-31,33H,9-14,16H2,1-6H3/t18-,19+,20-,22+,23-,24+,26+,27+,28-/m0/s1. The second-order valence-electron chi connectivity index (χ2n) is 12.1. The van der Waals surface area contributed by atoms with Gasteiger partial charge in [-0.15, -0.1) is 0 Å². The van der Waals surface area contributed by atoms with E-state index in [9.17, 15) is 25.2 Å². The third kappa shape index (κ3) is 4.39. The van der Waals surface area contributed by atoms with Gasteiger partial charge in [0.05, 0.1) is 11.5 Å². The lowest BCUT2D eigenvalue weighted by molar-refractivity contribution is -0.191. The second kappa shape index (κ2) is 9.56. The highest BCUT2D eigenvalue weighted by Gasteiger charge is 2.63. The minimum absolute atomic E-state index is 0.0112. The molecular formula is C28H46O5. The summed E-state index contributed by atoms with van der Waals surface area (Å²) in [4.78, 5) is 13.9. The van der Waals surface area contributed by atoms with Gasteiger partial charge in [0.25, 0.3) is 0 Å². The molecule has 2 saturated carbocycles. The molecule has 0 aromatic carbocycles. The third-order valence-electron chi connectivity index (χ3n) is 9.91. The van der Waals surface area contributed by atoms with E-state index in [-0.39, 0.29) is 30.1 Å². The maximum atomic E-state index is 13.9. The fourth-order valence-electron chi connectivity index (χ4n) is 7.04. The first-order chi connectivity index (χ1) is 15.3. The minimum atomic E-state index is -1.64. The molecule has 0 heterocycles. The van der Waals surface area contributed by atoms with E-state index in [0.29, 0.717) is 48.5 Å². The molecule has 2 fully saturated rings. The van der Waals surface area contributed by atoms with Crippen molar-refractivity contribution >= 4 is 5.78 Å². The molecule has 0 amide bonds. The Kier molecular flexibility index (Phi) is 7.71. The van der Waals surface area contributed by atoms with Gasteiger partial charge in [-0.1, -0.05) is 46.8 Å². The average molecular weight is 463 g/mol. The molecule has 5 nitrogen and oxygen atoms in total. The molecule has 4 N–H and O–H groups in total. The van der Waals surface area contributed by atoms with Gasteiger partial charge in [0, 0.05) is 13.0 Å². The minimum Gasteiger partial charge on any atom is -0.396 e. The molecule has 3 aliphatic carbocycles. The quantitative estimate of drug-likeness (QED) is 0.428. The first-order valence-corrected chi connectivity index (χ1v) is 13.0. The first kappa shape index (κ1) is 26.6. The van der Waals surface area contributed by atoms with Crippen molar-refractivity contribution in [3.8, 4) is 0 Å². The Balaban J connectivity index is 1.94. The van der Waals surface area contributed by atoms with E-state index in [1.54, 1.807) is 13.0 Å². The Morgan fingerprint density at radius 3 is 2.36 bits per heavy atom. The number of hydrogen-bond acceptors (Lipinski definition) is 5. The van der Waals surface area contributed by atoms with Gasteiger partial charge in [-0.25, -0.2) is 0 Å². The largest absolute Gasteiger partial charge is 0.396 e. The van der Waals surface area contributed by atoms with Crippen LogP contribution >= 0.6 is 0 Å². The fourth-order valence-corrected chi connectivity index (χ4v) is 7.04. The van der Waals surface area contributed by atoms with E-state index in [0.717, 1.165) is 12.8 Å². The lowest BCUT2D eigenvalue weighted by Crippen LogP contribution is -2.65. The van der Waals surface area contributed by atoms with Crippen molar-refractivity contribution in [3.05, 3.63) is 23.8 Å². The van der Waals surface area contributed by atoms with Gasteiger partial charge in [-0.05, 0) is 85.7 Å². The van der Waals surface area contributed by atoms with Crippen molar-refractivity contribution in [1.82, 2.24) is 0 Å². The van der Waals surface area contributed by atoms with Crippen LogP contribution in [0.1, 0.15) is 80.1 Å². The highest BCUT2D eigenvalue weighted by molar-refractivity contribution is 6.02. The summed E-state index contributed by atoms with van der Waals surface area (Å²) >= 11 is 0.